The summed E-state index contributed by atoms with van der Waals surface area (Å²) in [5, 5.41) is 31.2. The maximum absolute atomic E-state index is 12.5. The molecule has 0 heterocycles. The van der Waals surface area contributed by atoms with Gasteiger partial charge in [-0.25, -0.2) is 33.6 Å². The molecule has 2 aliphatic rings. The minimum atomic E-state index is -1.00. The number of benzene rings is 3. The molecule has 0 radical (unpaired) electrons. The number of quaternary nitrogens is 1. The van der Waals surface area contributed by atoms with Crippen molar-refractivity contribution < 1.29 is 63.7 Å². The molecule has 2 aliphatic carbocycles. The lowest BCUT2D eigenvalue weighted by atomic mass is 9.87. The Labute approximate surface area is 451 Å². The number of carboxylic acid groups (broad SMARTS) is 2. The van der Waals surface area contributed by atoms with Crippen molar-refractivity contribution in [2.75, 3.05) is 0 Å². The maximum Gasteiger partial charge on any atom is 0.413 e. The van der Waals surface area contributed by atoms with E-state index >= 15 is 0 Å². The number of ether oxygens (including phenoxy) is 3. The number of carbonyl (C=O) groups excluding carboxylic acids is 5. The number of esters is 2. The van der Waals surface area contributed by atoms with Gasteiger partial charge in [0.25, 0.3) is 0 Å². The van der Waals surface area contributed by atoms with Crippen LogP contribution in [0.2, 0.25) is 0 Å². The fourth-order valence-corrected chi connectivity index (χ4v) is 7.50. The van der Waals surface area contributed by atoms with Crippen LogP contribution in [-0.2, 0) is 41.9 Å². The van der Waals surface area contributed by atoms with E-state index in [4.69, 9.17) is 24.4 Å². The molecule has 0 unspecified atom stereocenters. The van der Waals surface area contributed by atoms with Gasteiger partial charge in [-0.15, -0.1) is 0 Å². The summed E-state index contributed by atoms with van der Waals surface area (Å²) >= 11 is 0. The summed E-state index contributed by atoms with van der Waals surface area (Å²) < 4.78 is 16.0. The summed E-state index contributed by atoms with van der Waals surface area (Å²) in [6.07, 6.45) is 7.85. The van der Waals surface area contributed by atoms with Gasteiger partial charge in [0.15, 0.2) is 6.04 Å². The van der Waals surface area contributed by atoms with Crippen LogP contribution < -0.4 is 37.1 Å². The van der Waals surface area contributed by atoms with Gasteiger partial charge >= 0.3 is 42.0 Å². The highest BCUT2D eigenvalue weighted by Crippen LogP contribution is 2.24. The van der Waals surface area contributed by atoms with Gasteiger partial charge in [-0.1, -0.05) is 195 Å². The second-order valence-corrected chi connectivity index (χ2v) is 23.2. The maximum atomic E-state index is 12.5. The van der Waals surface area contributed by atoms with Crippen LogP contribution in [0.3, 0.4) is 0 Å². The number of hydrogen-bond acceptors (Lipinski definition) is 10. The van der Waals surface area contributed by atoms with Gasteiger partial charge in [0.05, 0.1) is 0 Å². The van der Waals surface area contributed by atoms with Gasteiger partial charge in [0.1, 0.15) is 37.1 Å². The summed E-state index contributed by atoms with van der Waals surface area (Å²) in [6.45, 7) is 22.6. The molecule has 18 heteroatoms. The Hall–Kier alpha value is -6.69. The number of amides is 5. The Bertz CT molecular complexity index is 2230. The molecule has 3 aromatic rings. The van der Waals surface area contributed by atoms with Gasteiger partial charge in [0, 0.05) is 17.5 Å². The first-order chi connectivity index (χ1) is 34.9. The smallest absolute Gasteiger partial charge is 0.413 e. The molecule has 10 N–H and O–H groups in total. The van der Waals surface area contributed by atoms with Crippen LogP contribution in [0, 0.1) is 21.7 Å². The number of nitrogens with one attached hydrogen (secondary N) is 5. The van der Waals surface area contributed by atoms with Crippen molar-refractivity contribution in [2.45, 2.75) is 191 Å². The van der Waals surface area contributed by atoms with Crippen LogP contribution in [-0.4, -0.2) is 88.5 Å². The second-order valence-electron chi connectivity index (χ2n) is 23.2. The summed E-state index contributed by atoms with van der Waals surface area (Å²) in [5.41, 5.74) is 3.63. The molecule has 2 fully saturated rings. The van der Waals surface area contributed by atoms with Crippen molar-refractivity contribution in [3.05, 3.63) is 102 Å². The van der Waals surface area contributed by atoms with Gasteiger partial charge in [0.2, 0.25) is 0 Å². The molecule has 4 atom stereocenters. The first-order valence-corrected chi connectivity index (χ1v) is 25.8. The Morgan fingerprint density at radius 2 is 0.829 bits per heavy atom. The predicted molar refractivity (Wildman–Crippen MR) is 294 cm³/mol. The Balaban J connectivity index is 0.000000531. The van der Waals surface area contributed by atoms with Crippen molar-refractivity contribution in [3.8, 4) is 5.75 Å². The minimum Gasteiger partial charge on any atom is -0.480 e. The van der Waals surface area contributed by atoms with Gasteiger partial charge in [-0.05, 0) is 65.2 Å². The van der Waals surface area contributed by atoms with Crippen molar-refractivity contribution >= 4 is 42.0 Å². The third-order valence-electron chi connectivity index (χ3n) is 12.3. The minimum absolute atomic E-state index is 0. The van der Waals surface area contributed by atoms with Crippen LogP contribution >= 0.6 is 0 Å². The highest BCUT2D eigenvalue weighted by molar-refractivity contribution is 5.85. The van der Waals surface area contributed by atoms with Crippen LogP contribution in [0.1, 0.15) is 153 Å². The second kappa shape index (κ2) is 32.0. The fourth-order valence-electron chi connectivity index (χ4n) is 7.50. The normalized spacial score (nSPS) is 15.2. The Kier molecular flexibility index (Phi) is 28.4. The van der Waals surface area contributed by atoms with E-state index in [2.05, 4.69) is 32.3 Å². The molecule has 76 heavy (non-hydrogen) atoms. The molecule has 3 aromatic carbocycles. The molecule has 0 spiro atoms. The number of carbonyl (C=O) groups is 7. The zero-order valence-corrected chi connectivity index (χ0v) is 46.4. The van der Waals surface area contributed by atoms with E-state index in [0.717, 1.165) is 62.5 Å². The summed E-state index contributed by atoms with van der Waals surface area (Å²) in [6, 6.07) is 24.4. The third-order valence-corrected chi connectivity index (χ3v) is 12.3. The molecule has 5 rings (SSSR count). The molecule has 424 valence electrons. The number of carboxylic acids is 2. The van der Waals surface area contributed by atoms with E-state index < -0.39 is 70.4 Å². The number of rotatable bonds is 14. The van der Waals surface area contributed by atoms with E-state index in [1.807, 2.05) is 129 Å². The largest absolute Gasteiger partial charge is 0.480 e. The lowest BCUT2D eigenvalue weighted by molar-refractivity contribution is -0.429. The van der Waals surface area contributed by atoms with Crippen LogP contribution in [0.5, 0.6) is 5.75 Å². The first kappa shape index (κ1) is 67.3. The van der Waals surface area contributed by atoms with Crippen LogP contribution in [0.25, 0.3) is 0 Å². The summed E-state index contributed by atoms with van der Waals surface area (Å²) in [5.74, 6) is -2.33. The standard InChI is InChI=1S/C20H23NO4.C19H28N2O3.C12H22N2O3.C6H13NO2.CH4/c1-20(2,3)17(18(22)24-14-15-10-6-4-7-11-15)21-19(23)25-16-12-8-5-9-13-16;1-19(2,3)16(21-18(23)20-15-11-7-8-12-15)17(22)24-13-14-9-5-4-6-10-14;1-12(2,3)9(10(15)16)14-11(17)13-8-6-4-5-7-8;1-6(2,3)4(7)5(8)9;/h4-13,17H,14H2,1-3H3,(H,21,23);4-6,9-10,15-16H,7-8,11-13H2,1-3H3,(H2,20,21,23);8-9H,4-7H2,1-3H3,(H,15,16)(H2,13,14,17);4H,7H2,1-3H3,(H,8,9);1H4/p+1/t17-;16-;9-;4-;/m1111./s1. The van der Waals surface area contributed by atoms with E-state index in [9.17, 15) is 33.6 Å². The third kappa shape index (κ3) is 26.7. The molecule has 2 saturated carbocycles. The highest BCUT2D eigenvalue weighted by Gasteiger charge is 2.37. The lowest BCUT2D eigenvalue weighted by Crippen LogP contribution is -2.70. The molecular weight excluding hydrogens is 973 g/mol. The quantitative estimate of drug-likeness (QED) is 0.0701. The molecule has 0 aliphatic heterocycles. The SMILES string of the molecule is C.CC(C)(C)[C@H](NC(=O)NC1CCCC1)C(=O)O.CC(C)(C)[C@H](NC(=O)NC1CCCC1)C(=O)OCc1ccccc1.CC(C)(C)[C@H](NC(=O)Oc1ccccc1)C(=O)OCc1ccccc1.CC(C)(C)[C@H]([NH3+])C(=O)O. The zero-order valence-electron chi connectivity index (χ0n) is 46.4. The highest BCUT2D eigenvalue weighted by atomic mass is 16.6. The summed E-state index contributed by atoms with van der Waals surface area (Å²) in [4.78, 5) is 82.3. The predicted octanol–water partition coefficient (Wildman–Crippen LogP) is 9.41. The van der Waals surface area contributed by atoms with Crippen molar-refractivity contribution in [2.24, 2.45) is 21.7 Å². The molecular formula is C58H91N6O12+. The van der Waals surface area contributed by atoms with E-state index in [1.165, 1.54) is 0 Å². The van der Waals surface area contributed by atoms with Crippen LogP contribution in [0.4, 0.5) is 14.4 Å². The van der Waals surface area contributed by atoms with Gasteiger partial charge in [-0.2, -0.15) is 0 Å². The van der Waals surface area contributed by atoms with Crippen LogP contribution in [0.15, 0.2) is 91.0 Å². The average molecular weight is 1060 g/mol. The summed E-state index contributed by atoms with van der Waals surface area (Å²) in [7, 11) is 0. The average Bonchev–Trinajstić information content (AvgIpc) is 4.05. The number of urea groups is 2. The first-order valence-electron chi connectivity index (χ1n) is 25.8. The molecule has 0 saturated heterocycles. The number of para-hydroxylation sites is 1. The van der Waals surface area contributed by atoms with E-state index in [1.54, 1.807) is 45.0 Å². The van der Waals surface area contributed by atoms with Gasteiger partial charge < -0.3 is 56.7 Å². The van der Waals surface area contributed by atoms with Crippen molar-refractivity contribution in [1.29, 1.82) is 0 Å². The molecule has 0 bridgehead atoms. The molecule has 0 aromatic heterocycles. The van der Waals surface area contributed by atoms with E-state index in [-0.39, 0.29) is 50.2 Å². The number of aliphatic carboxylic acids is 2. The fraction of sp³-hybridized carbons (Fsp3) is 0.569. The molecule has 5 amide bonds. The van der Waals surface area contributed by atoms with E-state index in [0.29, 0.717) is 5.75 Å². The Morgan fingerprint density at radius 3 is 1.13 bits per heavy atom. The van der Waals surface area contributed by atoms with Crippen molar-refractivity contribution in [3.63, 3.8) is 0 Å². The topological polar surface area (TPSA) is 275 Å². The van der Waals surface area contributed by atoms with Gasteiger partial charge in [-0.3, -0.25) is 0 Å². The monoisotopic (exact) mass is 1060 g/mol. The number of hydrogen-bond donors (Lipinski definition) is 8. The van der Waals surface area contributed by atoms with Crippen molar-refractivity contribution in [1.82, 2.24) is 26.6 Å². The lowest BCUT2D eigenvalue weighted by Gasteiger charge is -2.30. The Morgan fingerprint density at radius 1 is 0.500 bits per heavy atom. The molecule has 18 nitrogen and oxygen atoms in total. The zero-order chi connectivity index (χ0) is 56.6.